The quantitative estimate of drug-likeness (QED) is 0.776. The molecule has 0 heterocycles. The molecule has 0 radical (unpaired) electrons. The van der Waals surface area contributed by atoms with E-state index in [2.05, 4.69) is 13.8 Å². The third kappa shape index (κ3) is 1.79. The smallest absolute Gasteiger partial charge is 0.126 e. The molecule has 4 aliphatic rings. The second-order valence-corrected chi connectivity index (χ2v) is 9.68. The fraction of sp³-hybridized carbons (Fsp3) is 0.950. The fourth-order valence-electron chi connectivity index (χ4n) is 7.99. The Bertz CT molecular complexity index is 474. The van der Waals surface area contributed by atoms with Gasteiger partial charge in [0.2, 0.25) is 0 Å². The lowest BCUT2D eigenvalue weighted by molar-refractivity contribution is -0.157. The molecule has 2 heteroatoms. The van der Waals surface area contributed by atoms with Crippen molar-refractivity contribution < 1.29 is 9.90 Å². The van der Waals surface area contributed by atoms with E-state index in [0.717, 1.165) is 18.3 Å². The van der Waals surface area contributed by atoms with E-state index in [1.165, 1.54) is 57.7 Å². The highest BCUT2D eigenvalue weighted by Gasteiger charge is 2.64. The van der Waals surface area contributed by atoms with Gasteiger partial charge in [-0.1, -0.05) is 20.3 Å². The Kier molecular flexibility index (Phi) is 3.32. The van der Waals surface area contributed by atoms with Crippen LogP contribution in [0.4, 0.5) is 0 Å². The number of aliphatic hydroxyl groups excluding tert-OH is 1. The minimum atomic E-state index is -0.0829. The third-order valence-corrected chi connectivity index (χ3v) is 8.82. The first-order chi connectivity index (χ1) is 10.5. The topological polar surface area (TPSA) is 37.3 Å². The molecule has 0 aliphatic heterocycles. The first-order valence-electron chi connectivity index (χ1n) is 9.55. The van der Waals surface area contributed by atoms with Gasteiger partial charge in [0.1, 0.15) is 6.29 Å². The average Bonchev–Trinajstić information content (AvgIpc) is 2.77. The predicted octanol–water partition coefficient (Wildman–Crippen LogP) is 4.21. The highest BCUT2D eigenvalue weighted by atomic mass is 16.3. The van der Waals surface area contributed by atoms with Crippen LogP contribution in [0.25, 0.3) is 0 Å². The zero-order valence-electron chi connectivity index (χ0n) is 14.3. The Morgan fingerprint density at radius 3 is 2.59 bits per heavy atom. The van der Waals surface area contributed by atoms with Gasteiger partial charge in [-0.25, -0.2) is 0 Å². The summed E-state index contributed by atoms with van der Waals surface area (Å²) in [5.74, 6) is 2.73. The largest absolute Gasteiger partial charge is 0.396 e. The molecule has 4 aliphatic carbocycles. The second-order valence-electron chi connectivity index (χ2n) is 9.68. The van der Waals surface area contributed by atoms with Crippen LogP contribution >= 0.6 is 0 Å². The average molecular weight is 304 g/mol. The Morgan fingerprint density at radius 2 is 1.86 bits per heavy atom. The van der Waals surface area contributed by atoms with Gasteiger partial charge in [-0.3, -0.25) is 0 Å². The fourth-order valence-corrected chi connectivity index (χ4v) is 7.99. The number of aliphatic hydroxyl groups is 1. The molecule has 1 spiro atoms. The SMILES string of the molecule is C[C@@]12CCC[C@](C)(C=O)[C@H]1CC[C@@]13C[C@@H](CO)[C@@H](CC[C@H]12)C3. The van der Waals surface area contributed by atoms with Crippen molar-refractivity contribution in [3.63, 3.8) is 0 Å². The van der Waals surface area contributed by atoms with Crippen LogP contribution in [0, 0.1) is 39.9 Å². The summed E-state index contributed by atoms with van der Waals surface area (Å²) >= 11 is 0. The lowest BCUT2D eigenvalue weighted by Gasteiger charge is -2.63. The maximum absolute atomic E-state index is 11.9. The van der Waals surface area contributed by atoms with Gasteiger partial charge >= 0.3 is 0 Å². The first kappa shape index (κ1) is 15.2. The van der Waals surface area contributed by atoms with Crippen LogP contribution in [0.3, 0.4) is 0 Å². The molecule has 0 amide bonds. The molecule has 0 aromatic carbocycles. The van der Waals surface area contributed by atoms with Gasteiger partial charge < -0.3 is 9.90 Å². The van der Waals surface area contributed by atoms with Crippen LogP contribution < -0.4 is 0 Å². The minimum absolute atomic E-state index is 0.0829. The zero-order valence-corrected chi connectivity index (χ0v) is 14.3. The molecule has 4 rings (SSSR count). The summed E-state index contributed by atoms with van der Waals surface area (Å²) in [4.78, 5) is 11.9. The van der Waals surface area contributed by atoms with Gasteiger partial charge in [0.25, 0.3) is 0 Å². The van der Waals surface area contributed by atoms with E-state index in [1.54, 1.807) is 0 Å². The van der Waals surface area contributed by atoms with E-state index in [9.17, 15) is 9.90 Å². The van der Waals surface area contributed by atoms with Gasteiger partial charge in [-0.2, -0.15) is 0 Å². The summed E-state index contributed by atoms with van der Waals surface area (Å²) < 4.78 is 0. The number of fused-ring (bicyclic) bond motifs is 3. The van der Waals surface area contributed by atoms with Crippen LogP contribution in [0.2, 0.25) is 0 Å². The van der Waals surface area contributed by atoms with E-state index in [0.29, 0.717) is 29.3 Å². The molecule has 22 heavy (non-hydrogen) atoms. The van der Waals surface area contributed by atoms with Crippen molar-refractivity contribution in [3.8, 4) is 0 Å². The molecule has 7 atom stereocenters. The normalized spacial score (nSPS) is 57.0. The van der Waals surface area contributed by atoms with Crippen LogP contribution in [-0.2, 0) is 4.79 Å². The van der Waals surface area contributed by atoms with E-state index >= 15 is 0 Å². The molecular weight excluding hydrogens is 272 g/mol. The van der Waals surface area contributed by atoms with Crippen LogP contribution in [0.15, 0.2) is 0 Å². The maximum atomic E-state index is 11.9. The monoisotopic (exact) mass is 304 g/mol. The Morgan fingerprint density at radius 1 is 1.05 bits per heavy atom. The van der Waals surface area contributed by atoms with Gasteiger partial charge in [0.15, 0.2) is 0 Å². The molecule has 4 fully saturated rings. The second kappa shape index (κ2) is 4.82. The highest BCUT2D eigenvalue weighted by Crippen LogP contribution is 2.72. The van der Waals surface area contributed by atoms with Crippen LogP contribution in [0.5, 0.6) is 0 Å². The highest BCUT2D eigenvalue weighted by molar-refractivity contribution is 5.60. The summed E-state index contributed by atoms with van der Waals surface area (Å²) in [6.07, 6.45) is 12.8. The molecule has 0 aromatic heterocycles. The van der Waals surface area contributed by atoms with Gasteiger partial charge in [-0.05, 0) is 85.9 Å². The number of rotatable bonds is 2. The van der Waals surface area contributed by atoms with Crippen molar-refractivity contribution in [1.29, 1.82) is 0 Å². The molecule has 0 unspecified atom stereocenters. The van der Waals surface area contributed by atoms with Crippen molar-refractivity contribution in [2.75, 3.05) is 6.61 Å². The van der Waals surface area contributed by atoms with Crippen molar-refractivity contribution in [2.45, 2.75) is 71.6 Å². The van der Waals surface area contributed by atoms with Crippen LogP contribution in [0.1, 0.15) is 71.6 Å². The van der Waals surface area contributed by atoms with Gasteiger partial charge in [0, 0.05) is 12.0 Å². The Labute approximate surface area is 135 Å². The molecule has 4 saturated carbocycles. The summed E-state index contributed by atoms with van der Waals surface area (Å²) in [6, 6.07) is 0. The molecule has 0 aromatic rings. The van der Waals surface area contributed by atoms with E-state index in [4.69, 9.17) is 0 Å². The van der Waals surface area contributed by atoms with Gasteiger partial charge in [-0.15, -0.1) is 0 Å². The molecule has 2 nitrogen and oxygen atoms in total. The molecule has 2 bridgehead atoms. The Balaban J connectivity index is 1.70. The summed E-state index contributed by atoms with van der Waals surface area (Å²) in [5, 5.41) is 9.77. The standard InChI is InChI=1S/C20H32O2/c1-18(13-22)7-3-8-19(2)16(18)6-9-20-10-14(4-5-17(19)20)15(11-20)12-21/h13-17,21H,3-12H2,1-2H3/t14-,15-,16+,17-,18+,19+,20+/m0/s1. The molecule has 0 saturated heterocycles. The summed E-state index contributed by atoms with van der Waals surface area (Å²) in [7, 11) is 0. The van der Waals surface area contributed by atoms with Crippen molar-refractivity contribution >= 4 is 6.29 Å². The molecule has 1 N–H and O–H groups in total. The number of hydrogen-bond acceptors (Lipinski definition) is 2. The zero-order chi connectivity index (χ0) is 15.6. The molecular formula is C20H32O2. The van der Waals surface area contributed by atoms with Crippen molar-refractivity contribution in [1.82, 2.24) is 0 Å². The lowest BCUT2D eigenvalue weighted by atomic mass is 9.41. The van der Waals surface area contributed by atoms with Crippen LogP contribution in [-0.4, -0.2) is 18.0 Å². The van der Waals surface area contributed by atoms with E-state index in [-0.39, 0.29) is 5.41 Å². The van der Waals surface area contributed by atoms with Gasteiger partial charge in [0.05, 0.1) is 0 Å². The molecule has 124 valence electrons. The first-order valence-corrected chi connectivity index (χ1v) is 9.55. The van der Waals surface area contributed by atoms with E-state index in [1.807, 2.05) is 0 Å². The minimum Gasteiger partial charge on any atom is -0.396 e. The Hall–Kier alpha value is -0.370. The lowest BCUT2D eigenvalue weighted by Crippen LogP contribution is -2.56. The summed E-state index contributed by atoms with van der Waals surface area (Å²) in [6.45, 7) is 5.15. The van der Waals surface area contributed by atoms with Crippen molar-refractivity contribution in [3.05, 3.63) is 0 Å². The number of aldehydes is 1. The number of carbonyl (C=O) groups excluding carboxylic acids is 1. The number of hydrogen-bond donors (Lipinski definition) is 1. The predicted molar refractivity (Wildman–Crippen MR) is 87.3 cm³/mol. The third-order valence-electron chi connectivity index (χ3n) is 8.82. The summed E-state index contributed by atoms with van der Waals surface area (Å²) in [5.41, 5.74) is 0.782. The van der Waals surface area contributed by atoms with Crippen molar-refractivity contribution in [2.24, 2.45) is 39.9 Å². The van der Waals surface area contributed by atoms with E-state index < -0.39 is 0 Å². The maximum Gasteiger partial charge on any atom is 0.126 e. The number of carbonyl (C=O) groups is 1.